The Kier molecular flexibility index (Phi) is 5.50. The van der Waals surface area contributed by atoms with Crippen molar-refractivity contribution in [1.82, 2.24) is 9.97 Å². The van der Waals surface area contributed by atoms with E-state index in [2.05, 4.69) is 47.2 Å². The highest BCUT2D eigenvalue weighted by molar-refractivity contribution is 5.94. The van der Waals surface area contributed by atoms with Crippen molar-refractivity contribution in [3.05, 3.63) is 71.4 Å². The predicted molar refractivity (Wildman–Crippen MR) is 110 cm³/mol. The average Bonchev–Trinajstić information content (AvgIpc) is 2.62. The lowest BCUT2D eigenvalue weighted by Gasteiger charge is -2.22. The van der Waals surface area contributed by atoms with Crippen LogP contribution in [0.2, 0.25) is 0 Å². The second-order valence-electron chi connectivity index (χ2n) is 6.54. The molecule has 0 radical (unpaired) electrons. The monoisotopic (exact) mass is 360 g/mol. The minimum atomic E-state index is 0.0541. The molecule has 138 valence electrons. The summed E-state index contributed by atoms with van der Waals surface area (Å²) in [6.45, 7) is 8.44. The highest BCUT2D eigenvalue weighted by atomic mass is 16.1. The van der Waals surface area contributed by atoms with Gasteiger partial charge < -0.3 is 10.2 Å². The van der Waals surface area contributed by atoms with E-state index in [-0.39, 0.29) is 5.78 Å². The Morgan fingerprint density at radius 1 is 1.04 bits per heavy atom. The summed E-state index contributed by atoms with van der Waals surface area (Å²) in [6, 6.07) is 17.6. The summed E-state index contributed by atoms with van der Waals surface area (Å²) in [7, 11) is 0. The topological polar surface area (TPSA) is 58.1 Å². The maximum atomic E-state index is 11.4. The molecule has 1 aromatic heterocycles. The molecule has 0 saturated carbocycles. The van der Waals surface area contributed by atoms with Crippen LogP contribution in [0, 0.1) is 13.8 Å². The van der Waals surface area contributed by atoms with Crippen molar-refractivity contribution in [2.45, 2.75) is 27.7 Å². The summed E-state index contributed by atoms with van der Waals surface area (Å²) in [5.74, 6) is 1.43. The standard InChI is InChI=1S/C22H24N4O/c1-5-26(20-8-6-7-15(2)13-20)22-23-16(3)14-21(25-22)24-19-11-9-18(10-12-19)17(4)27/h6-14H,5H2,1-4H3,(H,23,24,25). The van der Waals surface area contributed by atoms with Gasteiger partial charge in [0.25, 0.3) is 0 Å². The summed E-state index contributed by atoms with van der Waals surface area (Å²) in [5, 5.41) is 3.30. The fraction of sp³-hybridized carbons (Fsp3) is 0.227. The molecule has 5 nitrogen and oxygen atoms in total. The Balaban J connectivity index is 1.90. The van der Waals surface area contributed by atoms with E-state index < -0.39 is 0 Å². The van der Waals surface area contributed by atoms with Gasteiger partial charge in [0.2, 0.25) is 5.95 Å². The molecule has 0 aliphatic rings. The predicted octanol–water partition coefficient (Wildman–Crippen LogP) is 5.20. The van der Waals surface area contributed by atoms with Gasteiger partial charge in [0.1, 0.15) is 5.82 Å². The Bertz CT molecular complexity index is 951. The van der Waals surface area contributed by atoms with Crippen molar-refractivity contribution in [1.29, 1.82) is 0 Å². The van der Waals surface area contributed by atoms with Crippen molar-refractivity contribution in [3.63, 3.8) is 0 Å². The highest BCUT2D eigenvalue weighted by Crippen LogP contribution is 2.25. The highest BCUT2D eigenvalue weighted by Gasteiger charge is 2.12. The molecule has 1 heterocycles. The van der Waals surface area contributed by atoms with Crippen molar-refractivity contribution in [3.8, 4) is 0 Å². The zero-order valence-corrected chi connectivity index (χ0v) is 16.2. The first-order chi connectivity index (χ1) is 13.0. The van der Waals surface area contributed by atoms with Gasteiger partial charge in [-0.25, -0.2) is 4.98 Å². The number of carbonyl (C=O) groups excluding carboxylic acids is 1. The molecule has 0 fully saturated rings. The zero-order chi connectivity index (χ0) is 19.4. The Labute approximate surface area is 160 Å². The molecule has 0 aliphatic carbocycles. The quantitative estimate of drug-likeness (QED) is 0.613. The summed E-state index contributed by atoms with van der Waals surface area (Å²) in [4.78, 5) is 22.8. The van der Waals surface area contributed by atoms with E-state index in [0.29, 0.717) is 11.5 Å². The number of hydrogen-bond acceptors (Lipinski definition) is 5. The molecule has 1 N–H and O–H groups in total. The van der Waals surface area contributed by atoms with Crippen LogP contribution in [-0.4, -0.2) is 22.3 Å². The van der Waals surface area contributed by atoms with Gasteiger partial charge in [-0.3, -0.25) is 4.79 Å². The van der Waals surface area contributed by atoms with Crippen LogP contribution in [-0.2, 0) is 0 Å². The minimum absolute atomic E-state index is 0.0541. The molecule has 0 atom stereocenters. The van der Waals surface area contributed by atoms with E-state index in [0.717, 1.165) is 29.4 Å². The van der Waals surface area contributed by atoms with Gasteiger partial charge in [0, 0.05) is 35.2 Å². The Morgan fingerprint density at radius 3 is 2.41 bits per heavy atom. The van der Waals surface area contributed by atoms with Gasteiger partial charge in [-0.15, -0.1) is 0 Å². The minimum Gasteiger partial charge on any atom is -0.340 e. The number of aromatic nitrogens is 2. The number of nitrogens with one attached hydrogen (secondary N) is 1. The van der Waals surface area contributed by atoms with E-state index >= 15 is 0 Å². The lowest BCUT2D eigenvalue weighted by atomic mass is 10.1. The first-order valence-corrected chi connectivity index (χ1v) is 9.04. The van der Waals surface area contributed by atoms with Gasteiger partial charge >= 0.3 is 0 Å². The van der Waals surface area contributed by atoms with Crippen LogP contribution in [0.4, 0.5) is 23.1 Å². The smallest absolute Gasteiger partial charge is 0.232 e. The summed E-state index contributed by atoms with van der Waals surface area (Å²) in [5.41, 5.74) is 4.72. The molecule has 0 spiro atoms. The molecular weight excluding hydrogens is 336 g/mol. The molecule has 0 saturated heterocycles. The molecule has 0 aliphatic heterocycles. The first kappa shape index (κ1) is 18.6. The van der Waals surface area contributed by atoms with E-state index in [1.807, 2.05) is 43.3 Å². The third kappa shape index (κ3) is 4.50. The van der Waals surface area contributed by atoms with E-state index in [1.54, 1.807) is 6.92 Å². The summed E-state index contributed by atoms with van der Waals surface area (Å²) >= 11 is 0. The number of carbonyl (C=O) groups is 1. The number of aryl methyl sites for hydroxylation is 2. The summed E-state index contributed by atoms with van der Waals surface area (Å²) in [6.07, 6.45) is 0. The number of anilines is 4. The van der Waals surface area contributed by atoms with E-state index in [1.165, 1.54) is 5.56 Å². The second-order valence-corrected chi connectivity index (χ2v) is 6.54. The van der Waals surface area contributed by atoms with Crippen LogP contribution in [0.5, 0.6) is 0 Å². The number of ketones is 1. The van der Waals surface area contributed by atoms with Crippen LogP contribution in [0.3, 0.4) is 0 Å². The van der Waals surface area contributed by atoms with Gasteiger partial charge in [-0.2, -0.15) is 4.98 Å². The summed E-state index contributed by atoms with van der Waals surface area (Å²) < 4.78 is 0. The average molecular weight is 360 g/mol. The van der Waals surface area contributed by atoms with Gasteiger partial charge in [-0.05, 0) is 69.7 Å². The van der Waals surface area contributed by atoms with Gasteiger partial charge in [0.05, 0.1) is 0 Å². The number of Topliss-reactive ketones (excluding diaryl/α,β-unsaturated/α-hetero) is 1. The van der Waals surface area contributed by atoms with Crippen LogP contribution in [0.1, 0.15) is 35.5 Å². The number of nitrogens with zero attached hydrogens (tertiary/aromatic N) is 3. The maximum absolute atomic E-state index is 11.4. The lowest BCUT2D eigenvalue weighted by Crippen LogP contribution is -2.19. The van der Waals surface area contributed by atoms with Gasteiger partial charge in [0.15, 0.2) is 5.78 Å². The SMILES string of the molecule is CCN(c1cccc(C)c1)c1nc(C)cc(Nc2ccc(C(C)=O)cc2)n1. The molecular formula is C22H24N4O. The largest absolute Gasteiger partial charge is 0.340 e. The van der Waals surface area contributed by atoms with Gasteiger partial charge in [-0.1, -0.05) is 12.1 Å². The molecule has 3 aromatic rings. The van der Waals surface area contributed by atoms with Crippen LogP contribution < -0.4 is 10.2 Å². The molecule has 0 unspecified atom stereocenters. The van der Waals surface area contributed by atoms with Crippen molar-refractivity contribution >= 4 is 28.9 Å². The maximum Gasteiger partial charge on any atom is 0.232 e. The van der Waals surface area contributed by atoms with Crippen molar-refractivity contribution in [2.75, 3.05) is 16.8 Å². The van der Waals surface area contributed by atoms with E-state index in [9.17, 15) is 4.79 Å². The Morgan fingerprint density at radius 2 is 1.78 bits per heavy atom. The normalized spacial score (nSPS) is 10.5. The molecule has 27 heavy (non-hydrogen) atoms. The van der Waals surface area contributed by atoms with Crippen LogP contribution in [0.25, 0.3) is 0 Å². The number of rotatable bonds is 6. The van der Waals surface area contributed by atoms with E-state index in [4.69, 9.17) is 4.98 Å². The molecule has 3 rings (SSSR count). The molecule has 0 amide bonds. The fourth-order valence-electron chi connectivity index (χ4n) is 2.91. The fourth-order valence-corrected chi connectivity index (χ4v) is 2.91. The third-order valence-electron chi connectivity index (χ3n) is 4.28. The van der Waals surface area contributed by atoms with Crippen molar-refractivity contribution < 1.29 is 4.79 Å². The number of hydrogen-bond donors (Lipinski definition) is 1. The van der Waals surface area contributed by atoms with Crippen LogP contribution >= 0.6 is 0 Å². The first-order valence-electron chi connectivity index (χ1n) is 9.04. The Hall–Kier alpha value is -3.21. The van der Waals surface area contributed by atoms with Crippen LogP contribution in [0.15, 0.2) is 54.6 Å². The number of benzene rings is 2. The zero-order valence-electron chi connectivity index (χ0n) is 16.2. The lowest BCUT2D eigenvalue weighted by molar-refractivity contribution is 0.101. The molecule has 5 heteroatoms. The third-order valence-corrected chi connectivity index (χ3v) is 4.28. The molecule has 0 bridgehead atoms. The second kappa shape index (κ2) is 7.99. The molecule has 2 aromatic carbocycles. The van der Waals surface area contributed by atoms with Crippen molar-refractivity contribution in [2.24, 2.45) is 0 Å².